The first-order valence-electron chi connectivity index (χ1n) is 7.82. The number of phenols is 1. The van der Waals surface area contributed by atoms with E-state index in [0.29, 0.717) is 17.1 Å². The average Bonchev–Trinajstić information content (AvgIpc) is 2.69. The molecule has 8 heteroatoms. The molecule has 2 aromatic carbocycles. The van der Waals surface area contributed by atoms with Crippen LogP contribution in [0.25, 0.3) is 22.3 Å². The Bertz CT molecular complexity index is 1070. The van der Waals surface area contributed by atoms with Gasteiger partial charge in [0.05, 0.1) is 28.4 Å². The Balaban J connectivity index is 2.38. The van der Waals surface area contributed by atoms with Gasteiger partial charge in [-0.2, -0.15) is 0 Å². The molecule has 8 nitrogen and oxygen atoms in total. The average molecular weight is 374 g/mol. The predicted octanol–water partition coefficient (Wildman–Crippen LogP) is 2.91. The van der Waals surface area contributed by atoms with Crippen molar-refractivity contribution >= 4 is 11.0 Å². The summed E-state index contributed by atoms with van der Waals surface area (Å²) in [5.41, 5.74) is -0.491. The lowest BCUT2D eigenvalue weighted by molar-refractivity contribution is 0.349. The monoisotopic (exact) mass is 374 g/mol. The van der Waals surface area contributed by atoms with Gasteiger partial charge in [-0.3, -0.25) is 4.79 Å². The standard InChI is InChI=1S/C19H18O8/c1-23-11-6-5-9(7-12(11)24-2)17-16(22)15(21)14-10(20)8-13(25-3)18(26-4)19(14)27-17/h5-8,20,22H,1-4H3. The molecule has 0 aliphatic carbocycles. The number of aromatic hydroxyl groups is 2. The van der Waals surface area contributed by atoms with Crippen LogP contribution in [0.1, 0.15) is 0 Å². The summed E-state index contributed by atoms with van der Waals surface area (Å²) in [4.78, 5) is 12.7. The summed E-state index contributed by atoms with van der Waals surface area (Å²) in [7, 11) is 5.71. The van der Waals surface area contributed by atoms with Gasteiger partial charge in [0, 0.05) is 11.6 Å². The van der Waals surface area contributed by atoms with Crippen LogP contribution in [0.3, 0.4) is 0 Å². The van der Waals surface area contributed by atoms with E-state index in [1.807, 2.05) is 0 Å². The topological polar surface area (TPSA) is 108 Å². The molecule has 2 N–H and O–H groups in total. The Morgan fingerprint density at radius 3 is 2.11 bits per heavy atom. The van der Waals surface area contributed by atoms with E-state index in [4.69, 9.17) is 23.4 Å². The van der Waals surface area contributed by atoms with Gasteiger partial charge in [0.25, 0.3) is 0 Å². The van der Waals surface area contributed by atoms with Crippen molar-refractivity contribution in [3.63, 3.8) is 0 Å². The van der Waals surface area contributed by atoms with Crippen molar-refractivity contribution in [2.45, 2.75) is 0 Å². The fourth-order valence-electron chi connectivity index (χ4n) is 2.81. The largest absolute Gasteiger partial charge is 0.507 e. The Labute approximate surface area is 154 Å². The van der Waals surface area contributed by atoms with Gasteiger partial charge in [-0.25, -0.2) is 0 Å². The first kappa shape index (κ1) is 18.2. The van der Waals surface area contributed by atoms with E-state index in [-0.39, 0.29) is 28.2 Å². The highest BCUT2D eigenvalue weighted by molar-refractivity contribution is 5.93. The van der Waals surface area contributed by atoms with E-state index in [1.54, 1.807) is 18.2 Å². The molecule has 0 radical (unpaired) electrons. The Morgan fingerprint density at radius 1 is 0.852 bits per heavy atom. The highest BCUT2D eigenvalue weighted by atomic mass is 16.5. The molecule has 3 rings (SSSR count). The summed E-state index contributed by atoms with van der Waals surface area (Å²) in [5, 5.41) is 20.4. The maximum absolute atomic E-state index is 12.7. The predicted molar refractivity (Wildman–Crippen MR) is 97.5 cm³/mol. The molecule has 142 valence electrons. The lowest BCUT2D eigenvalue weighted by Crippen LogP contribution is -2.05. The van der Waals surface area contributed by atoms with E-state index >= 15 is 0 Å². The van der Waals surface area contributed by atoms with E-state index in [2.05, 4.69) is 0 Å². The van der Waals surface area contributed by atoms with E-state index in [9.17, 15) is 15.0 Å². The molecule has 0 aliphatic rings. The summed E-state index contributed by atoms with van der Waals surface area (Å²) in [6.45, 7) is 0. The third-order valence-electron chi connectivity index (χ3n) is 4.11. The molecular formula is C19H18O8. The van der Waals surface area contributed by atoms with Gasteiger partial charge in [0.2, 0.25) is 16.9 Å². The minimum Gasteiger partial charge on any atom is -0.507 e. The number of benzene rings is 2. The van der Waals surface area contributed by atoms with Crippen LogP contribution in [-0.4, -0.2) is 38.7 Å². The summed E-state index contributed by atoms with van der Waals surface area (Å²) in [6.07, 6.45) is 0. The summed E-state index contributed by atoms with van der Waals surface area (Å²) in [5.74, 6) is -0.0145. The van der Waals surface area contributed by atoms with Crippen LogP contribution in [-0.2, 0) is 0 Å². The first-order valence-corrected chi connectivity index (χ1v) is 7.82. The molecule has 27 heavy (non-hydrogen) atoms. The molecule has 0 atom stereocenters. The van der Waals surface area contributed by atoms with Gasteiger partial charge in [-0.1, -0.05) is 0 Å². The highest BCUT2D eigenvalue weighted by Crippen LogP contribution is 2.43. The van der Waals surface area contributed by atoms with Crippen LogP contribution in [0.2, 0.25) is 0 Å². The molecule has 3 aromatic rings. The number of fused-ring (bicyclic) bond motifs is 1. The molecule has 0 aliphatic heterocycles. The number of rotatable bonds is 5. The molecule has 1 aromatic heterocycles. The lowest BCUT2D eigenvalue weighted by Gasteiger charge is -2.14. The smallest absolute Gasteiger partial charge is 0.238 e. The molecule has 0 fully saturated rings. The van der Waals surface area contributed by atoms with Crippen LogP contribution in [0.5, 0.6) is 34.5 Å². The SMILES string of the molecule is COc1ccc(-c2oc3c(OC)c(OC)cc(O)c3c(=O)c2O)cc1OC. The summed E-state index contributed by atoms with van der Waals surface area (Å²) >= 11 is 0. The maximum Gasteiger partial charge on any atom is 0.238 e. The van der Waals surface area contributed by atoms with Crippen molar-refractivity contribution < 1.29 is 33.6 Å². The second-order valence-corrected chi connectivity index (χ2v) is 5.51. The third-order valence-corrected chi connectivity index (χ3v) is 4.11. The first-order chi connectivity index (χ1) is 13.0. The molecule has 0 amide bonds. The van der Waals surface area contributed by atoms with Crippen LogP contribution in [0.4, 0.5) is 0 Å². The molecule has 1 heterocycles. The van der Waals surface area contributed by atoms with Crippen molar-refractivity contribution in [3.8, 4) is 45.8 Å². The Hall–Kier alpha value is -3.55. The molecule has 0 spiro atoms. The number of methoxy groups -OCH3 is 4. The fraction of sp³-hybridized carbons (Fsp3) is 0.211. The van der Waals surface area contributed by atoms with Crippen LogP contribution >= 0.6 is 0 Å². The van der Waals surface area contributed by atoms with E-state index < -0.39 is 16.9 Å². The molecule has 0 saturated heterocycles. The van der Waals surface area contributed by atoms with Crippen LogP contribution < -0.4 is 24.4 Å². The molecule has 0 bridgehead atoms. The van der Waals surface area contributed by atoms with E-state index in [1.165, 1.54) is 34.5 Å². The van der Waals surface area contributed by atoms with Gasteiger partial charge in [0.15, 0.2) is 28.6 Å². The third kappa shape index (κ3) is 2.84. The lowest BCUT2D eigenvalue weighted by atomic mass is 10.1. The van der Waals surface area contributed by atoms with Crippen LogP contribution in [0.15, 0.2) is 33.5 Å². The van der Waals surface area contributed by atoms with Crippen LogP contribution in [0, 0.1) is 0 Å². The van der Waals surface area contributed by atoms with Gasteiger partial charge in [-0.15, -0.1) is 0 Å². The van der Waals surface area contributed by atoms with Gasteiger partial charge < -0.3 is 33.6 Å². The number of hydrogen-bond donors (Lipinski definition) is 2. The van der Waals surface area contributed by atoms with Crippen molar-refractivity contribution in [1.82, 2.24) is 0 Å². The van der Waals surface area contributed by atoms with Crippen molar-refractivity contribution in [3.05, 3.63) is 34.5 Å². The molecule has 0 saturated carbocycles. The zero-order valence-electron chi connectivity index (χ0n) is 15.2. The number of phenolic OH excluding ortho intramolecular Hbond substituents is 1. The number of ether oxygens (including phenoxy) is 4. The Kier molecular flexibility index (Phi) is 4.72. The van der Waals surface area contributed by atoms with Crippen molar-refractivity contribution in [1.29, 1.82) is 0 Å². The van der Waals surface area contributed by atoms with Crippen molar-refractivity contribution in [2.75, 3.05) is 28.4 Å². The van der Waals surface area contributed by atoms with Crippen molar-refractivity contribution in [2.24, 2.45) is 0 Å². The fourth-order valence-corrected chi connectivity index (χ4v) is 2.81. The zero-order valence-corrected chi connectivity index (χ0v) is 15.2. The second kappa shape index (κ2) is 6.99. The number of hydrogen-bond acceptors (Lipinski definition) is 8. The second-order valence-electron chi connectivity index (χ2n) is 5.51. The summed E-state index contributed by atoms with van der Waals surface area (Å²) in [6, 6.07) is 5.97. The maximum atomic E-state index is 12.7. The van der Waals surface area contributed by atoms with E-state index in [0.717, 1.165) is 0 Å². The van der Waals surface area contributed by atoms with Gasteiger partial charge >= 0.3 is 0 Å². The summed E-state index contributed by atoms with van der Waals surface area (Å²) < 4.78 is 26.6. The minimum atomic E-state index is -0.806. The quantitative estimate of drug-likeness (QED) is 0.702. The Morgan fingerprint density at radius 2 is 1.52 bits per heavy atom. The molecular weight excluding hydrogens is 356 g/mol. The van der Waals surface area contributed by atoms with Gasteiger partial charge in [-0.05, 0) is 18.2 Å². The minimum absolute atomic E-state index is 0.0538. The normalized spacial score (nSPS) is 10.7. The zero-order chi connectivity index (χ0) is 19.7. The highest BCUT2D eigenvalue weighted by Gasteiger charge is 2.24. The molecule has 0 unspecified atom stereocenters. The van der Waals surface area contributed by atoms with Gasteiger partial charge in [0.1, 0.15) is 11.1 Å².